The Labute approximate surface area is 109 Å². The summed E-state index contributed by atoms with van der Waals surface area (Å²) >= 11 is 1.54. The molecule has 0 radical (unpaired) electrons. The minimum absolute atomic E-state index is 0.165. The predicted molar refractivity (Wildman–Crippen MR) is 69.3 cm³/mol. The summed E-state index contributed by atoms with van der Waals surface area (Å²) in [6.45, 7) is 0.541. The van der Waals surface area contributed by atoms with E-state index in [1.165, 1.54) is 11.3 Å². The molecule has 0 aliphatic carbocycles. The lowest BCUT2D eigenvalue weighted by Gasteiger charge is -2.04. The Kier molecular flexibility index (Phi) is 4.05. The Morgan fingerprint density at radius 1 is 1.50 bits per heavy atom. The first-order valence-corrected chi connectivity index (χ1v) is 6.39. The third-order valence-electron chi connectivity index (χ3n) is 2.40. The third-order valence-corrected chi connectivity index (χ3v) is 3.04. The van der Waals surface area contributed by atoms with E-state index in [-0.39, 0.29) is 5.91 Å². The number of rotatable bonds is 4. The summed E-state index contributed by atoms with van der Waals surface area (Å²) in [5, 5.41) is 13.5. The summed E-state index contributed by atoms with van der Waals surface area (Å²) in [7, 11) is 0. The number of carbonyl (C=O) groups is 1. The molecular weight excluding hydrogens is 246 g/mol. The molecule has 1 aromatic heterocycles. The van der Waals surface area contributed by atoms with Gasteiger partial charge in [0.15, 0.2) is 0 Å². The third kappa shape index (κ3) is 3.15. The maximum Gasteiger partial charge on any atom is 0.251 e. The minimum atomic E-state index is -0.165. The van der Waals surface area contributed by atoms with Gasteiger partial charge in [0.25, 0.3) is 5.91 Å². The van der Waals surface area contributed by atoms with Crippen molar-refractivity contribution < 1.29 is 4.79 Å². The van der Waals surface area contributed by atoms with Crippen molar-refractivity contribution in [3.05, 3.63) is 52.0 Å². The molecule has 1 aromatic carbocycles. The van der Waals surface area contributed by atoms with Crippen LogP contribution in [0, 0.1) is 11.3 Å². The predicted octanol–water partition coefficient (Wildman–Crippen LogP) is 1.99. The SMILES string of the molecule is N#Cc1cccc(C(=O)NCCc2cscn2)c1. The Balaban J connectivity index is 1.89. The highest BCUT2D eigenvalue weighted by molar-refractivity contribution is 7.07. The highest BCUT2D eigenvalue weighted by Crippen LogP contribution is 2.04. The number of aromatic nitrogens is 1. The van der Waals surface area contributed by atoms with Gasteiger partial charge in [0.1, 0.15) is 0 Å². The van der Waals surface area contributed by atoms with E-state index < -0.39 is 0 Å². The number of hydrogen-bond donors (Lipinski definition) is 1. The van der Waals surface area contributed by atoms with E-state index in [1.807, 2.05) is 11.4 Å². The molecule has 0 spiro atoms. The Morgan fingerprint density at radius 3 is 3.11 bits per heavy atom. The van der Waals surface area contributed by atoms with Crippen LogP contribution in [-0.2, 0) is 6.42 Å². The zero-order chi connectivity index (χ0) is 12.8. The second kappa shape index (κ2) is 5.94. The fraction of sp³-hybridized carbons (Fsp3) is 0.154. The van der Waals surface area contributed by atoms with Crippen LogP contribution < -0.4 is 5.32 Å². The van der Waals surface area contributed by atoms with Crippen molar-refractivity contribution in [3.8, 4) is 6.07 Å². The molecule has 1 heterocycles. The molecule has 0 bridgehead atoms. The number of nitrogens with zero attached hydrogens (tertiary/aromatic N) is 2. The van der Waals surface area contributed by atoms with E-state index in [9.17, 15) is 4.79 Å². The molecule has 0 aliphatic rings. The van der Waals surface area contributed by atoms with Gasteiger partial charge in [-0.15, -0.1) is 11.3 Å². The highest BCUT2D eigenvalue weighted by atomic mass is 32.1. The zero-order valence-corrected chi connectivity index (χ0v) is 10.4. The summed E-state index contributed by atoms with van der Waals surface area (Å²) in [5.41, 5.74) is 3.74. The van der Waals surface area contributed by atoms with E-state index in [4.69, 9.17) is 5.26 Å². The van der Waals surface area contributed by atoms with Crippen molar-refractivity contribution >= 4 is 17.2 Å². The van der Waals surface area contributed by atoms with Gasteiger partial charge in [-0.05, 0) is 18.2 Å². The molecule has 1 amide bonds. The molecule has 5 heteroatoms. The van der Waals surface area contributed by atoms with Crippen molar-refractivity contribution in [2.45, 2.75) is 6.42 Å². The number of nitrogens with one attached hydrogen (secondary N) is 1. The molecule has 0 atom stereocenters. The molecule has 0 aliphatic heterocycles. The summed E-state index contributed by atoms with van der Waals surface area (Å²) < 4.78 is 0. The van der Waals surface area contributed by atoms with Crippen LogP contribution in [0.5, 0.6) is 0 Å². The monoisotopic (exact) mass is 257 g/mol. The van der Waals surface area contributed by atoms with Gasteiger partial charge in [0, 0.05) is 23.9 Å². The molecule has 4 nitrogen and oxygen atoms in total. The number of carbonyl (C=O) groups excluding carboxylic acids is 1. The fourth-order valence-corrected chi connectivity index (χ4v) is 2.09. The molecule has 0 fully saturated rings. The molecule has 1 N–H and O–H groups in total. The Hall–Kier alpha value is -2.19. The quantitative estimate of drug-likeness (QED) is 0.910. The van der Waals surface area contributed by atoms with Gasteiger partial charge in [0.2, 0.25) is 0 Å². The van der Waals surface area contributed by atoms with Crippen molar-refractivity contribution in [1.82, 2.24) is 10.3 Å². The van der Waals surface area contributed by atoms with Crippen LogP contribution in [0.4, 0.5) is 0 Å². The average molecular weight is 257 g/mol. The van der Waals surface area contributed by atoms with Gasteiger partial charge < -0.3 is 5.32 Å². The van der Waals surface area contributed by atoms with Gasteiger partial charge in [-0.25, -0.2) is 4.98 Å². The molecular formula is C13H11N3OS. The molecule has 2 aromatic rings. The van der Waals surface area contributed by atoms with Crippen LogP contribution >= 0.6 is 11.3 Å². The smallest absolute Gasteiger partial charge is 0.251 e. The van der Waals surface area contributed by atoms with E-state index in [2.05, 4.69) is 10.3 Å². The number of nitriles is 1. The van der Waals surface area contributed by atoms with Crippen molar-refractivity contribution in [2.24, 2.45) is 0 Å². The first kappa shape index (κ1) is 12.3. The first-order valence-electron chi connectivity index (χ1n) is 5.45. The summed E-state index contributed by atoms with van der Waals surface area (Å²) in [6.07, 6.45) is 0.715. The number of thiazole rings is 1. The second-order valence-corrected chi connectivity index (χ2v) is 4.40. The van der Waals surface area contributed by atoms with E-state index in [0.29, 0.717) is 24.1 Å². The number of amides is 1. The van der Waals surface area contributed by atoms with Crippen LogP contribution in [0.1, 0.15) is 21.6 Å². The lowest BCUT2D eigenvalue weighted by Crippen LogP contribution is -2.25. The number of benzene rings is 1. The summed E-state index contributed by atoms with van der Waals surface area (Å²) in [4.78, 5) is 15.9. The van der Waals surface area contributed by atoms with Crippen molar-refractivity contribution in [1.29, 1.82) is 5.26 Å². The van der Waals surface area contributed by atoms with Gasteiger partial charge in [-0.3, -0.25) is 4.79 Å². The van der Waals surface area contributed by atoms with Crippen molar-refractivity contribution in [2.75, 3.05) is 6.54 Å². The molecule has 0 unspecified atom stereocenters. The molecule has 0 saturated heterocycles. The Bertz CT molecular complexity index is 572. The maximum absolute atomic E-state index is 11.8. The normalized spacial score (nSPS) is 9.72. The van der Waals surface area contributed by atoms with Gasteiger partial charge in [-0.2, -0.15) is 5.26 Å². The lowest BCUT2D eigenvalue weighted by molar-refractivity contribution is 0.0954. The molecule has 90 valence electrons. The highest BCUT2D eigenvalue weighted by Gasteiger charge is 2.05. The van der Waals surface area contributed by atoms with Gasteiger partial charge in [0.05, 0.1) is 22.8 Å². The summed E-state index contributed by atoms with van der Waals surface area (Å²) in [6, 6.07) is 8.66. The van der Waals surface area contributed by atoms with E-state index in [0.717, 1.165) is 5.69 Å². The van der Waals surface area contributed by atoms with Crippen LogP contribution in [-0.4, -0.2) is 17.4 Å². The summed E-state index contributed by atoms with van der Waals surface area (Å²) in [5.74, 6) is -0.165. The Morgan fingerprint density at radius 2 is 2.39 bits per heavy atom. The standard InChI is InChI=1S/C13H11N3OS/c14-7-10-2-1-3-11(6-10)13(17)15-5-4-12-8-18-9-16-12/h1-3,6,8-9H,4-5H2,(H,15,17). The van der Waals surface area contributed by atoms with Crippen LogP contribution in [0.2, 0.25) is 0 Å². The van der Waals surface area contributed by atoms with Crippen molar-refractivity contribution in [3.63, 3.8) is 0 Å². The largest absolute Gasteiger partial charge is 0.352 e. The number of hydrogen-bond acceptors (Lipinski definition) is 4. The lowest BCUT2D eigenvalue weighted by atomic mass is 10.1. The topological polar surface area (TPSA) is 65.8 Å². The van der Waals surface area contributed by atoms with Gasteiger partial charge in [-0.1, -0.05) is 6.07 Å². The van der Waals surface area contributed by atoms with E-state index >= 15 is 0 Å². The molecule has 2 rings (SSSR count). The van der Waals surface area contributed by atoms with Crippen LogP contribution in [0.3, 0.4) is 0 Å². The first-order chi connectivity index (χ1) is 8.79. The molecule has 18 heavy (non-hydrogen) atoms. The fourth-order valence-electron chi connectivity index (χ4n) is 1.50. The van der Waals surface area contributed by atoms with Crippen LogP contribution in [0.15, 0.2) is 35.2 Å². The van der Waals surface area contributed by atoms with E-state index in [1.54, 1.807) is 29.8 Å². The zero-order valence-electron chi connectivity index (χ0n) is 9.59. The maximum atomic E-state index is 11.8. The van der Waals surface area contributed by atoms with Gasteiger partial charge >= 0.3 is 0 Å². The second-order valence-electron chi connectivity index (χ2n) is 3.68. The minimum Gasteiger partial charge on any atom is -0.352 e. The molecule has 0 saturated carbocycles. The van der Waals surface area contributed by atoms with Crippen LogP contribution in [0.25, 0.3) is 0 Å². The average Bonchev–Trinajstić information content (AvgIpc) is 2.92.